The van der Waals surface area contributed by atoms with Crippen LogP contribution in [0.3, 0.4) is 0 Å². The highest BCUT2D eigenvalue weighted by Gasteiger charge is 2.40. The topological polar surface area (TPSA) is 216 Å². The lowest BCUT2D eigenvalue weighted by atomic mass is 9.79. The molecule has 9 N–H and O–H groups in total. The molecule has 0 saturated heterocycles. The van der Waals surface area contributed by atoms with Gasteiger partial charge in [-0.05, 0) is 37.0 Å². The van der Waals surface area contributed by atoms with Crippen LogP contribution >= 0.6 is 0 Å². The van der Waals surface area contributed by atoms with Gasteiger partial charge in [0.2, 0.25) is 10.9 Å². The van der Waals surface area contributed by atoms with E-state index in [0.29, 0.717) is 5.56 Å². The maximum Gasteiger partial charge on any atom is 0.201 e. The fourth-order valence-electron chi connectivity index (χ4n) is 9.06. The van der Waals surface area contributed by atoms with Gasteiger partial charge in [-0.2, -0.15) is 0 Å². The monoisotopic (exact) mass is 698 g/mol. The van der Waals surface area contributed by atoms with E-state index in [0.717, 1.165) is 6.07 Å². The maximum atomic E-state index is 14.9. The molecule has 1 atom stereocenters. The molecule has 0 aliphatic heterocycles. The molecule has 0 heterocycles. The average molecular weight is 699 g/mol. The quantitative estimate of drug-likeness (QED) is 0.0673. The zero-order valence-electron chi connectivity index (χ0n) is 28.1. The van der Waals surface area contributed by atoms with Crippen molar-refractivity contribution < 1.29 is 46.0 Å². The van der Waals surface area contributed by atoms with E-state index in [1.807, 2.05) is 0 Å². The van der Waals surface area contributed by atoms with Crippen molar-refractivity contribution in [1.82, 2.24) is 0 Å². The van der Waals surface area contributed by atoms with E-state index in [-0.39, 0.29) is 105 Å². The Morgan fingerprint density at radius 2 is 1.02 bits per heavy atom. The highest BCUT2D eigenvalue weighted by molar-refractivity contribution is 6.46. The fraction of sp³-hybridized carbons (Fsp3) is 0.171. The predicted octanol–water partition coefficient (Wildman–Crippen LogP) is 7.04. The Hall–Kier alpha value is -6.62. The molecule has 0 aromatic heterocycles. The molecule has 0 saturated carbocycles. The molecule has 0 radical (unpaired) electrons. The number of rotatable bonds is 3. The second-order valence-corrected chi connectivity index (χ2v) is 14.0. The van der Waals surface area contributed by atoms with Gasteiger partial charge in [-0.1, -0.05) is 32.9 Å². The normalized spacial score (nSPS) is 14.3. The van der Waals surface area contributed by atoms with Gasteiger partial charge in [0.05, 0.1) is 21.5 Å². The molecule has 9 rings (SSSR count). The van der Waals surface area contributed by atoms with Crippen molar-refractivity contribution in [2.45, 2.75) is 46.0 Å². The van der Waals surface area contributed by atoms with Crippen molar-refractivity contribution in [2.24, 2.45) is 0 Å². The number of phenols is 9. The van der Waals surface area contributed by atoms with Gasteiger partial charge in [-0.25, -0.2) is 0 Å². The number of aromatic hydroxyl groups is 9. The molecular weight excluding hydrogens is 668 g/mol. The largest absolute Gasteiger partial charge is 0.508 e. The Morgan fingerprint density at radius 3 is 1.62 bits per heavy atom. The van der Waals surface area contributed by atoms with Crippen LogP contribution in [-0.2, 0) is 6.42 Å². The zero-order valence-corrected chi connectivity index (χ0v) is 28.1. The van der Waals surface area contributed by atoms with E-state index >= 15 is 0 Å². The van der Waals surface area contributed by atoms with Crippen molar-refractivity contribution in [1.29, 1.82) is 0 Å². The highest BCUT2D eigenvalue weighted by Crippen LogP contribution is 2.61. The number of fused-ring (bicyclic) bond motifs is 1. The van der Waals surface area contributed by atoms with Crippen LogP contribution in [0.4, 0.5) is 0 Å². The molecule has 11 nitrogen and oxygen atoms in total. The van der Waals surface area contributed by atoms with E-state index in [1.54, 1.807) is 20.8 Å². The lowest BCUT2D eigenvalue weighted by Gasteiger charge is -2.24. The molecule has 8 aromatic carbocycles. The van der Waals surface area contributed by atoms with Crippen molar-refractivity contribution in [3.8, 4) is 51.7 Å². The molecule has 1 aliphatic carbocycles. The summed E-state index contributed by atoms with van der Waals surface area (Å²) in [4.78, 5) is 29.7. The first-order chi connectivity index (χ1) is 24.6. The zero-order chi connectivity index (χ0) is 37.1. The summed E-state index contributed by atoms with van der Waals surface area (Å²) in [6.07, 6.45) is 0.0183. The Kier molecular flexibility index (Phi) is 5.90. The second-order valence-electron chi connectivity index (χ2n) is 14.0. The molecule has 11 heteroatoms. The average Bonchev–Trinajstić information content (AvgIpc) is 3.21. The summed E-state index contributed by atoms with van der Waals surface area (Å²) in [5.74, 6) is -6.34. The first-order valence-electron chi connectivity index (χ1n) is 16.7. The van der Waals surface area contributed by atoms with Crippen LogP contribution in [0.15, 0.2) is 39.9 Å². The van der Waals surface area contributed by atoms with Crippen molar-refractivity contribution >= 4 is 64.6 Å². The number of phenolic OH excluding ortho intramolecular Hbond substituents is 9. The summed E-state index contributed by atoms with van der Waals surface area (Å²) in [6, 6.07) is 6.75. The molecule has 1 aliphatic rings. The Bertz CT molecular complexity index is 3110. The molecule has 8 aromatic rings. The number of hydrogen-bond donors (Lipinski definition) is 9. The van der Waals surface area contributed by atoms with Crippen molar-refractivity contribution in [3.63, 3.8) is 0 Å². The maximum absolute atomic E-state index is 14.9. The smallest absolute Gasteiger partial charge is 0.201 e. The van der Waals surface area contributed by atoms with Gasteiger partial charge in [-0.3, -0.25) is 9.59 Å². The SMILES string of the molecule is CCc1c(O)c2c(=O)c3c(O)c(C)c(O)c4c3c3c2c(c1O)c1c(O)c(C(C)C)c(O)c2c(=O)c5c(O)cc(O)c(c5c3c21)[C@@H]4c1ccc(O)cc1. The Labute approximate surface area is 292 Å². The minimum absolute atomic E-state index is 0.00395. The van der Waals surface area contributed by atoms with E-state index in [9.17, 15) is 55.5 Å². The van der Waals surface area contributed by atoms with Gasteiger partial charge in [0.1, 0.15) is 51.7 Å². The van der Waals surface area contributed by atoms with Gasteiger partial charge in [0.25, 0.3) is 0 Å². The van der Waals surface area contributed by atoms with E-state index in [1.165, 1.54) is 31.2 Å². The summed E-state index contributed by atoms with van der Waals surface area (Å²) in [6.45, 7) is 6.37. The molecule has 260 valence electrons. The first-order valence-corrected chi connectivity index (χ1v) is 16.7. The summed E-state index contributed by atoms with van der Waals surface area (Å²) in [5, 5.41) is 104. The van der Waals surface area contributed by atoms with Crippen LogP contribution < -0.4 is 10.9 Å². The highest BCUT2D eigenvalue weighted by atomic mass is 16.3. The summed E-state index contributed by atoms with van der Waals surface area (Å²) in [5.41, 5.74) is -1.57. The van der Waals surface area contributed by atoms with Crippen LogP contribution in [0.2, 0.25) is 0 Å². The lowest BCUT2D eigenvalue weighted by Crippen LogP contribution is -2.10. The fourth-order valence-corrected chi connectivity index (χ4v) is 9.06. The number of benzene rings is 8. The molecule has 0 fully saturated rings. The molecule has 0 bridgehead atoms. The van der Waals surface area contributed by atoms with Gasteiger partial charge in [-0.15, -0.1) is 0 Å². The van der Waals surface area contributed by atoms with Gasteiger partial charge >= 0.3 is 0 Å². The standard InChI is InChI=1S/C41H30O11/c1-5-15-36(47)29-26-24-23-22-20(16(43)10-17(44)21(22)40(51)33-27(23)30(29)38(49)18(11(2)3)39(33)50)19(13-6-8-14(42)9-7-13)28-25(24)31(35(46)12(4)34(28)45)41(52)32(26)37(15)48/h6-11,19,42-50H,5H2,1-4H3/t19-/m0/s1. The van der Waals surface area contributed by atoms with Gasteiger partial charge in [0, 0.05) is 82.9 Å². The van der Waals surface area contributed by atoms with E-state index < -0.39 is 68.7 Å². The minimum atomic E-state index is -1.24. The first kappa shape index (κ1) is 31.4. The minimum Gasteiger partial charge on any atom is -0.508 e. The molecular formula is C41H30O11. The Balaban J connectivity index is 1.84. The second kappa shape index (κ2) is 9.79. The van der Waals surface area contributed by atoms with Crippen LogP contribution in [0, 0.1) is 6.92 Å². The van der Waals surface area contributed by atoms with Crippen LogP contribution in [0.25, 0.3) is 64.6 Å². The van der Waals surface area contributed by atoms with Gasteiger partial charge < -0.3 is 46.0 Å². The van der Waals surface area contributed by atoms with Gasteiger partial charge in [0.15, 0.2) is 0 Å². The Morgan fingerprint density at radius 1 is 0.538 bits per heavy atom. The third-order valence-corrected chi connectivity index (χ3v) is 11.2. The van der Waals surface area contributed by atoms with Crippen LogP contribution in [0.5, 0.6) is 51.7 Å². The van der Waals surface area contributed by atoms with E-state index in [2.05, 4.69) is 0 Å². The molecule has 0 unspecified atom stereocenters. The third kappa shape index (κ3) is 3.31. The molecule has 52 heavy (non-hydrogen) atoms. The van der Waals surface area contributed by atoms with Crippen molar-refractivity contribution in [3.05, 3.63) is 84.2 Å². The predicted molar refractivity (Wildman–Crippen MR) is 197 cm³/mol. The van der Waals surface area contributed by atoms with Crippen molar-refractivity contribution in [2.75, 3.05) is 0 Å². The molecule has 0 amide bonds. The summed E-state index contributed by atoms with van der Waals surface area (Å²) < 4.78 is 0. The summed E-state index contributed by atoms with van der Waals surface area (Å²) in [7, 11) is 0. The lowest BCUT2D eigenvalue weighted by molar-refractivity contribution is 0.439. The van der Waals surface area contributed by atoms with Crippen LogP contribution in [0.1, 0.15) is 66.0 Å². The third-order valence-electron chi connectivity index (χ3n) is 11.2. The molecule has 0 spiro atoms. The van der Waals surface area contributed by atoms with Crippen LogP contribution in [-0.4, -0.2) is 46.0 Å². The summed E-state index contributed by atoms with van der Waals surface area (Å²) >= 11 is 0. The number of hydrogen-bond acceptors (Lipinski definition) is 11. The van der Waals surface area contributed by atoms with E-state index in [4.69, 9.17) is 0 Å².